The Hall–Kier alpha value is -7.10. The topological polar surface area (TPSA) is 38.9 Å². The molecule has 1 unspecified atom stereocenters. The quantitative estimate of drug-likeness (QED) is 0.179. The first-order valence-electron chi connectivity index (χ1n) is 18.8. The highest BCUT2D eigenvalue weighted by Gasteiger charge is 2.40. The van der Waals surface area contributed by atoms with Gasteiger partial charge in [0.25, 0.3) is 0 Å². The Morgan fingerprint density at radius 3 is 1.91 bits per heavy atom. The molecule has 1 atom stereocenters. The van der Waals surface area contributed by atoms with Crippen LogP contribution in [0.3, 0.4) is 0 Å². The molecule has 0 aliphatic heterocycles. The van der Waals surface area contributed by atoms with E-state index in [1.807, 2.05) is 12.1 Å². The van der Waals surface area contributed by atoms with Crippen LogP contribution in [0.2, 0.25) is 0 Å². The molecule has 1 aliphatic rings. The van der Waals surface area contributed by atoms with Gasteiger partial charge in [0.2, 0.25) is 0 Å². The molecule has 8 aromatic carbocycles. The van der Waals surface area contributed by atoms with E-state index in [9.17, 15) is 0 Å². The molecule has 0 bridgehead atoms. The number of para-hydroxylation sites is 1. The van der Waals surface area contributed by atoms with Gasteiger partial charge >= 0.3 is 0 Å². The first-order chi connectivity index (χ1) is 27.1. The van der Waals surface area contributed by atoms with E-state index in [2.05, 4.69) is 183 Å². The molecule has 11 rings (SSSR count). The van der Waals surface area contributed by atoms with E-state index in [4.69, 9.17) is 14.4 Å². The summed E-state index contributed by atoms with van der Waals surface area (Å²) < 4.78 is 6.14. The Morgan fingerprint density at radius 2 is 1.02 bits per heavy atom. The number of furan rings is 1. The van der Waals surface area contributed by atoms with Crippen LogP contribution in [0.15, 0.2) is 192 Å². The van der Waals surface area contributed by atoms with Crippen LogP contribution in [0.25, 0.3) is 88.9 Å². The standard InChI is InChI=1S/C52H34N2O/c1-52(38-17-3-2-4-18-38)45-23-9-7-20-40(45)41-27-25-37(31-46(41)52)48-32-47(53-51(54-48)43-22-12-14-33-13-5-6-19-39(33)43)36-16-11-15-34(29-36)35-26-28-50-44(30-35)42-21-8-10-24-49(42)55-50/h2-32H,1H3. The lowest BCUT2D eigenvalue weighted by molar-refractivity contribution is 0.669. The lowest BCUT2D eigenvalue weighted by atomic mass is 9.74. The minimum absolute atomic E-state index is 0.312. The average Bonchev–Trinajstić information content (AvgIpc) is 3.76. The number of rotatable bonds is 5. The molecular weight excluding hydrogens is 669 g/mol. The van der Waals surface area contributed by atoms with Crippen molar-refractivity contribution in [3.8, 4) is 56.2 Å². The Kier molecular flexibility index (Phi) is 6.99. The Balaban J connectivity index is 1.10. The van der Waals surface area contributed by atoms with Gasteiger partial charge in [0.15, 0.2) is 5.82 Å². The molecule has 10 aromatic rings. The van der Waals surface area contributed by atoms with Crippen molar-refractivity contribution >= 4 is 32.7 Å². The third-order valence-corrected chi connectivity index (χ3v) is 11.6. The molecule has 0 spiro atoms. The summed E-state index contributed by atoms with van der Waals surface area (Å²) in [6, 6.07) is 67.0. The van der Waals surface area contributed by atoms with Crippen molar-refractivity contribution in [1.82, 2.24) is 9.97 Å². The number of nitrogens with zero attached hydrogens (tertiary/aromatic N) is 2. The van der Waals surface area contributed by atoms with E-state index in [-0.39, 0.29) is 5.41 Å². The smallest absolute Gasteiger partial charge is 0.161 e. The third-order valence-electron chi connectivity index (χ3n) is 11.6. The van der Waals surface area contributed by atoms with Gasteiger partial charge < -0.3 is 4.42 Å². The van der Waals surface area contributed by atoms with Gasteiger partial charge in [-0.2, -0.15) is 0 Å². The molecule has 2 heterocycles. The number of hydrogen-bond acceptors (Lipinski definition) is 3. The van der Waals surface area contributed by atoms with Crippen LogP contribution in [0.4, 0.5) is 0 Å². The van der Waals surface area contributed by atoms with E-state index >= 15 is 0 Å². The lowest BCUT2D eigenvalue weighted by Crippen LogP contribution is -2.22. The zero-order valence-corrected chi connectivity index (χ0v) is 30.2. The van der Waals surface area contributed by atoms with Crippen LogP contribution in [-0.2, 0) is 5.41 Å². The summed E-state index contributed by atoms with van der Waals surface area (Å²) in [5.74, 6) is 0.704. The van der Waals surface area contributed by atoms with Crippen molar-refractivity contribution in [2.45, 2.75) is 12.3 Å². The molecule has 0 saturated heterocycles. The van der Waals surface area contributed by atoms with Gasteiger partial charge in [-0.1, -0.05) is 152 Å². The summed E-state index contributed by atoms with van der Waals surface area (Å²) in [6.07, 6.45) is 0. The molecular formula is C52H34N2O. The van der Waals surface area contributed by atoms with Crippen molar-refractivity contribution in [2.75, 3.05) is 0 Å². The molecule has 0 amide bonds. The summed E-state index contributed by atoms with van der Waals surface area (Å²) in [5.41, 5.74) is 15.0. The second kappa shape index (κ2) is 12.2. The summed E-state index contributed by atoms with van der Waals surface area (Å²) in [7, 11) is 0. The fraction of sp³-hybridized carbons (Fsp3) is 0.0385. The minimum Gasteiger partial charge on any atom is -0.456 e. The van der Waals surface area contributed by atoms with Crippen molar-refractivity contribution in [3.05, 3.63) is 205 Å². The van der Waals surface area contributed by atoms with Crippen molar-refractivity contribution in [2.24, 2.45) is 0 Å². The molecule has 2 aromatic heterocycles. The van der Waals surface area contributed by atoms with E-state index in [1.54, 1.807) is 0 Å². The van der Waals surface area contributed by atoms with Gasteiger partial charge in [0, 0.05) is 32.9 Å². The Labute approximate surface area is 319 Å². The summed E-state index contributed by atoms with van der Waals surface area (Å²) in [4.78, 5) is 10.7. The fourth-order valence-corrected chi connectivity index (χ4v) is 8.78. The molecule has 3 nitrogen and oxygen atoms in total. The van der Waals surface area contributed by atoms with E-state index in [1.165, 1.54) is 27.8 Å². The highest BCUT2D eigenvalue weighted by Crippen LogP contribution is 2.53. The highest BCUT2D eigenvalue weighted by molar-refractivity contribution is 6.06. The second-order valence-electron chi connectivity index (χ2n) is 14.7. The monoisotopic (exact) mass is 702 g/mol. The number of benzene rings is 8. The minimum atomic E-state index is -0.312. The highest BCUT2D eigenvalue weighted by atomic mass is 16.3. The largest absolute Gasteiger partial charge is 0.456 e. The summed E-state index contributed by atoms with van der Waals surface area (Å²) in [6.45, 7) is 2.36. The molecule has 258 valence electrons. The maximum absolute atomic E-state index is 6.14. The SMILES string of the molecule is CC1(c2ccccc2)c2ccccc2-c2ccc(-c3cc(-c4cccc(-c5ccc6oc7ccccc7c6c5)c4)nc(-c4cccc5ccccc45)n3)cc21. The molecule has 0 radical (unpaired) electrons. The van der Waals surface area contributed by atoms with Gasteiger partial charge in [-0.15, -0.1) is 0 Å². The molecule has 0 saturated carbocycles. The van der Waals surface area contributed by atoms with Crippen LogP contribution in [0.5, 0.6) is 0 Å². The second-order valence-corrected chi connectivity index (χ2v) is 14.7. The number of aromatic nitrogens is 2. The van der Waals surface area contributed by atoms with E-state index < -0.39 is 0 Å². The molecule has 0 fully saturated rings. The first kappa shape index (κ1) is 31.4. The zero-order chi connectivity index (χ0) is 36.5. The third kappa shape index (κ3) is 4.97. The van der Waals surface area contributed by atoms with Crippen LogP contribution in [-0.4, -0.2) is 9.97 Å². The predicted octanol–water partition coefficient (Wildman–Crippen LogP) is 13.5. The average molecular weight is 703 g/mol. The summed E-state index contributed by atoms with van der Waals surface area (Å²) in [5, 5.41) is 4.52. The fourth-order valence-electron chi connectivity index (χ4n) is 8.78. The van der Waals surface area contributed by atoms with Crippen molar-refractivity contribution < 1.29 is 4.42 Å². The zero-order valence-electron chi connectivity index (χ0n) is 30.2. The van der Waals surface area contributed by atoms with Crippen LogP contribution in [0.1, 0.15) is 23.6 Å². The maximum atomic E-state index is 6.14. The normalized spacial score (nSPS) is 14.7. The predicted molar refractivity (Wildman–Crippen MR) is 226 cm³/mol. The van der Waals surface area contributed by atoms with Crippen LogP contribution < -0.4 is 0 Å². The van der Waals surface area contributed by atoms with E-state index in [0.29, 0.717) is 5.82 Å². The molecule has 1 aliphatic carbocycles. The van der Waals surface area contributed by atoms with Gasteiger partial charge in [0.1, 0.15) is 11.2 Å². The van der Waals surface area contributed by atoms with Gasteiger partial charge in [0.05, 0.1) is 11.4 Å². The Morgan fingerprint density at radius 1 is 0.400 bits per heavy atom. The molecule has 55 heavy (non-hydrogen) atoms. The number of hydrogen-bond donors (Lipinski definition) is 0. The van der Waals surface area contributed by atoms with Gasteiger partial charge in [-0.25, -0.2) is 9.97 Å². The lowest BCUT2D eigenvalue weighted by Gasteiger charge is -2.28. The maximum Gasteiger partial charge on any atom is 0.161 e. The van der Waals surface area contributed by atoms with Crippen LogP contribution >= 0.6 is 0 Å². The van der Waals surface area contributed by atoms with Gasteiger partial charge in [-0.05, 0) is 93.0 Å². The first-order valence-corrected chi connectivity index (χ1v) is 18.8. The molecule has 0 N–H and O–H groups in total. The Bertz CT molecular complexity index is 3120. The summed E-state index contributed by atoms with van der Waals surface area (Å²) >= 11 is 0. The van der Waals surface area contributed by atoms with Crippen molar-refractivity contribution in [1.29, 1.82) is 0 Å². The van der Waals surface area contributed by atoms with Gasteiger partial charge in [-0.3, -0.25) is 0 Å². The molecule has 3 heteroatoms. The van der Waals surface area contributed by atoms with Crippen molar-refractivity contribution in [3.63, 3.8) is 0 Å². The van der Waals surface area contributed by atoms with Crippen LogP contribution in [0, 0.1) is 0 Å². The number of fused-ring (bicyclic) bond motifs is 7. The van der Waals surface area contributed by atoms with E-state index in [0.717, 1.165) is 71.9 Å².